The molecule has 8 heteroatoms. The van der Waals surface area contributed by atoms with Gasteiger partial charge in [-0.05, 0) is 56.2 Å². The van der Waals surface area contributed by atoms with Crippen LogP contribution in [0.25, 0.3) is 5.76 Å². The number of carbonyl (C=O) groups excluding carboxylic acids is 2. The van der Waals surface area contributed by atoms with Crippen LogP contribution in [0.1, 0.15) is 37.4 Å². The Balaban J connectivity index is 1.73. The van der Waals surface area contributed by atoms with Crippen LogP contribution in [0, 0.1) is 0 Å². The Morgan fingerprint density at radius 2 is 2.00 bits per heavy atom. The molecule has 0 bridgehead atoms. The molecule has 1 N–H and O–H groups in total. The van der Waals surface area contributed by atoms with Crippen molar-refractivity contribution in [2.45, 2.75) is 32.4 Å². The second-order valence-electron chi connectivity index (χ2n) is 8.50. The fourth-order valence-electron chi connectivity index (χ4n) is 4.21. The van der Waals surface area contributed by atoms with Crippen LogP contribution in [-0.4, -0.2) is 66.1 Å². The molecule has 174 valence electrons. The van der Waals surface area contributed by atoms with Gasteiger partial charge in [-0.15, -0.1) is 0 Å². The molecule has 0 aliphatic carbocycles. The molecule has 1 saturated heterocycles. The Kier molecular flexibility index (Phi) is 6.65. The highest BCUT2D eigenvalue weighted by Crippen LogP contribution is 2.41. The molecule has 1 unspecified atom stereocenters. The molecule has 4 rings (SSSR count). The molecular formula is C25H29N3O5. The number of amides is 1. The highest BCUT2D eigenvalue weighted by Gasteiger charge is 2.45. The molecular weight excluding hydrogens is 422 g/mol. The van der Waals surface area contributed by atoms with Gasteiger partial charge in [-0.3, -0.25) is 14.6 Å². The van der Waals surface area contributed by atoms with E-state index in [0.29, 0.717) is 37.3 Å². The van der Waals surface area contributed by atoms with Crippen molar-refractivity contribution in [3.05, 3.63) is 59.4 Å². The predicted octanol–water partition coefficient (Wildman–Crippen LogP) is 3.15. The zero-order valence-electron chi connectivity index (χ0n) is 19.2. The number of aliphatic hydroxyl groups excluding tert-OH is 1. The maximum Gasteiger partial charge on any atom is 0.295 e. The molecule has 0 radical (unpaired) electrons. The Labute approximate surface area is 193 Å². The number of fused-ring (bicyclic) bond motifs is 1. The van der Waals surface area contributed by atoms with Crippen LogP contribution in [0.15, 0.2) is 48.3 Å². The molecule has 1 aromatic heterocycles. The van der Waals surface area contributed by atoms with E-state index in [2.05, 4.69) is 4.98 Å². The number of nitrogens with zero attached hydrogens (tertiary/aromatic N) is 3. The first-order valence-electron chi connectivity index (χ1n) is 11.2. The topological polar surface area (TPSA) is 92.2 Å². The van der Waals surface area contributed by atoms with Gasteiger partial charge in [0.2, 0.25) is 0 Å². The van der Waals surface area contributed by atoms with Crippen LogP contribution in [0.5, 0.6) is 5.75 Å². The number of benzene rings is 1. The molecule has 33 heavy (non-hydrogen) atoms. The van der Waals surface area contributed by atoms with Crippen LogP contribution in [-0.2, 0) is 14.3 Å². The van der Waals surface area contributed by atoms with Crippen molar-refractivity contribution in [1.82, 2.24) is 9.88 Å². The van der Waals surface area contributed by atoms with Gasteiger partial charge in [-0.25, -0.2) is 0 Å². The van der Waals surface area contributed by atoms with Crippen LogP contribution in [0.3, 0.4) is 0 Å². The Morgan fingerprint density at radius 3 is 2.73 bits per heavy atom. The van der Waals surface area contributed by atoms with Crippen molar-refractivity contribution in [2.24, 2.45) is 0 Å². The predicted molar refractivity (Wildman–Crippen MR) is 124 cm³/mol. The first-order valence-corrected chi connectivity index (χ1v) is 11.2. The summed E-state index contributed by atoms with van der Waals surface area (Å²) in [4.78, 5) is 33.7. The van der Waals surface area contributed by atoms with Crippen LogP contribution in [0.2, 0.25) is 0 Å². The van der Waals surface area contributed by atoms with E-state index in [-0.39, 0.29) is 17.4 Å². The maximum absolute atomic E-state index is 13.1. The van der Waals surface area contributed by atoms with Crippen LogP contribution >= 0.6 is 0 Å². The second kappa shape index (κ2) is 9.62. The Morgan fingerprint density at radius 1 is 1.24 bits per heavy atom. The number of likely N-dealkylation sites (N-methyl/N-ethyl adjacent to an activating group) is 1. The number of ether oxygens (including phenoxy) is 2. The molecule has 8 nitrogen and oxygen atoms in total. The van der Waals surface area contributed by atoms with Crippen LogP contribution < -0.4 is 9.64 Å². The number of likely N-dealkylation sites (tertiary alicyclic amines) is 1. The first kappa shape index (κ1) is 22.8. The number of rotatable bonds is 7. The largest absolute Gasteiger partial charge is 0.507 e. The molecule has 2 aliphatic heterocycles. The van der Waals surface area contributed by atoms with Crippen molar-refractivity contribution in [3.8, 4) is 5.75 Å². The summed E-state index contributed by atoms with van der Waals surface area (Å²) in [6.07, 6.45) is 3.89. The first-order chi connectivity index (χ1) is 15.9. The third-order valence-electron chi connectivity index (χ3n) is 5.88. The SMILES string of the molecule is CC(C)OCCCN1C(=O)C(=O)/C(=C(\O)c2ccc3c(c2)N(C)CCO3)C1c1ccncc1. The minimum absolute atomic E-state index is 0.0790. The number of anilines is 1. The summed E-state index contributed by atoms with van der Waals surface area (Å²) in [6, 6.07) is 8.10. The molecule has 2 aliphatic rings. The standard InChI is InChI=1S/C25H29N3O5/c1-16(2)32-13-4-11-28-22(17-7-9-26-10-8-17)21(24(30)25(28)31)23(29)18-5-6-20-19(15-18)27(3)12-14-33-20/h5-10,15-16,22,29H,4,11-14H2,1-3H3/b23-21-. The quantitative estimate of drug-likeness (QED) is 0.299. The summed E-state index contributed by atoms with van der Waals surface area (Å²) in [6.45, 7) is 6.01. The van der Waals surface area contributed by atoms with E-state index in [1.807, 2.05) is 25.8 Å². The fraction of sp³-hybridized carbons (Fsp3) is 0.400. The van der Waals surface area contributed by atoms with Gasteiger partial charge in [0.1, 0.15) is 18.1 Å². The van der Waals surface area contributed by atoms with E-state index in [1.165, 1.54) is 4.90 Å². The zero-order chi connectivity index (χ0) is 23.5. The van der Waals surface area contributed by atoms with Gasteiger partial charge in [-0.2, -0.15) is 0 Å². The van der Waals surface area contributed by atoms with E-state index in [0.717, 1.165) is 18.0 Å². The summed E-state index contributed by atoms with van der Waals surface area (Å²) < 4.78 is 11.3. The van der Waals surface area contributed by atoms with Gasteiger partial charge >= 0.3 is 0 Å². The van der Waals surface area contributed by atoms with Gasteiger partial charge in [-0.1, -0.05) is 0 Å². The zero-order valence-corrected chi connectivity index (χ0v) is 19.2. The molecule has 1 atom stereocenters. The van der Waals surface area contributed by atoms with Gasteiger partial charge in [0.25, 0.3) is 11.7 Å². The molecule has 1 aromatic carbocycles. The summed E-state index contributed by atoms with van der Waals surface area (Å²) in [5, 5.41) is 11.3. The van der Waals surface area contributed by atoms with E-state index >= 15 is 0 Å². The highest BCUT2D eigenvalue weighted by molar-refractivity contribution is 6.46. The fourth-order valence-corrected chi connectivity index (χ4v) is 4.21. The van der Waals surface area contributed by atoms with Crippen LogP contribution in [0.4, 0.5) is 5.69 Å². The lowest BCUT2D eigenvalue weighted by Gasteiger charge is -2.28. The third-order valence-corrected chi connectivity index (χ3v) is 5.88. The summed E-state index contributed by atoms with van der Waals surface area (Å²) in [5.41, 5.74) is 2.08. The minimum Gasteiger partial charge on any atom is -0.507 e. The lowest BCUT2D eigenvalue weighted by molar-refractivity contribution is -0.140. The monoisotopic (exact) mass is 451 g/mol. The lowest BCUT2D eigenvalue weighted by Crippen LogP contribution is -2.31. The average molecular weight is 452 g/mol. The number of hydrogen-bond acceptors (Lipinski definition) is 7. The van der Waals surface area contributed by atoms with Gasteiger partial charge in [0, 0.05) is 38.2 Å². The molecule has 0 spiro atoms. The van der Waals surface area contributed by atoms with Gasteiger partial charge in [0.15, 0.2) is 0 Å². The number of aromatic nitrogens is 1. The molecule has 3 heterocycles. The van der Waals surface area contributed by atoms with E-state index in [1.54, 1.807) is 42.7 Å². The summed E-state index contributed by atoms with van der Waals surface area (Å²) in [7, 11) is 1.94. The number of carbonyl (C=O) groups is 2. The van der Waals surface area contributed by atoms with Gasteiger partial charge in [0.05, 0.1) is 30.0 Å². The van der Waals surface area contributed by atoms with E-state index in [4.69, 9.17) is 9.47 Å². The van der Waals surface area contributed by atoms with E-state index in [9.17, 15) is 14.7 Å². The number of Topliss-reactive ketones (excluding diaryl/α,β-unsaturated/α-hetero) is 1. The van der Waals surface area contributed by atoms with Crippen molar-refractivity contribution >= 4 is 23.1 Å². The van der Waals surface area contributed by atoms with Gasteiger partial charge < -0.3 is 24.4 Å². The molecule has 1 fully saturated rings. The van der Waals surface area contributed by atoms with Crippen molar-refractivity contribution in [2.75, 3.05) is 38.3 Å². The normalized spacial score (nSPS) is 19.7. The smallest absolute Gasteiger partial charge is 0.295 e. The maximum atomic E-state index is 13.1. The average Bonchev–Trinajstić information content (AvgIpc) is 3.07. The Hall–Kier alpha value is -3.39. The number of pyridine rings is 1. The summed E-state index contributed by atoms with van der Waals surface area (Å²) >= 11 is 0. The van der Waals surface area contributed by atoms with E-state index < -0.39 is 17.7 Å². The van der Waals surface area contributed by atoms with Crippen molar-refractivity contribution in [3.63, 3.8) is 0 Å². The molecule has 0 saturated carbocycles. The van der Waals surface area contributed by atoms with Crippen molar-refractivity contribution in [1.29, 1.82) is 0 Å². The second-order valence-corrected chi connectivity index (χ2v) is 8.50. The van der Waals surface area contributed by atoms with Crippen molar-refractivity contribution < 1.29 is 24.2 Å². The number of hydrogen-bond donors (Lipinski definition) is 1. The Bertz CT molecular complexity index is 1070. The minimum atomic E-state index is -0.697. The number of aliphatic hydroxyl groups is 1. The third kappa shape index (κ3) is 4.57. The molecule has 2 aromatic rings. The highest BCUT2D eigenvalue weighted by atomic mass is 16.5. The number of ketones is 1. The lowest BCUT2D eigenvalue weighted by atomic mass is 9.95. The molecule has 1 amide bonds. The summed E-state index contributed by atoms with van der Waals surface area (Å²) in [5.74, 6) is -0.794.